The molecular formula is C24H18N2O. The van der Waals surface area contributed by atoms with Crippen LogP contribution in [0.4, 0.5) is 0 Å². The van der Waals surface area contributed by atoms with Crippen molar-refractivity contribution in [3.63, 3.8) is 0 Å². The molecule has 3 nitrogen and oxygen atoms in total. The lowest BCUT2D eigenvalue weighted by atomic mass is 10.0. The van der Waals surface area contributed by atoms with E-state index in [9.17, 15) is 0 Å². The van der Waals surface area contributed by atoms with E-state index < -0.39 is 0 Å². The number of rotatable bonds is 2. The van der Waals surface area contributed by atoms with Gasteiger partial charge in [0, 0.05) is 11.1 Å². The zero-order chi connectivity index (χ0) is 18.4. The average Bonchev–Trinajstić information content (AvgIpc) is 2.99. The van der Waals surface area contributed by atoms with Crippen molar-refractivity contribution in [2.24, 2.45) is 0 Å². The zero-order valence-corrected chi connectivity index (χ0v) is 15.2. The largest absolute Gasteiger partial charge is 0.497 e. The second-order valence-corrected chi connectivity index (χ2v) is 6.79. The minimum Gasteiger partial charge on any atom is -0.497 e. The Morgan fingerprint density at radius 3 is 2.19 bits per heavy atom. The molecule has 3 heteroatoms. The van der Waals surface area contributed by atoms with Gasteiger partial charge in [-0.3, -0.25) is 0 Å². The first-order valence-electron chi connectivity index (χ1n) is 8.97. The maximum absolute atomic E-state index is 5.27. The zero-order valence-electron chi connectivity index (χ0n) is 15.2. The van der Waals surface area contributed by atoms with E-state index in [1.807, 2.05) is 36.4 Å². The van der Waals surface area contributed by atoms with Gasteiger partial charge in [0.1, 0.15) is 5.75 Å². The standard InChI is InChI=1S/C24H18N2O/c1-15-7-12-18-19(13-15)20(14-16-8-10-17(27-2)11-9-16)24-23(18)25-21-5-3-4-6-22(21)26-24/h3-14H,1-2H3. The molecule has 1 aromatic heterocycles. The van der Waals surface area contributed by atoms with Gasteiger partial charge in [0.05, 0.1) is 29.5 Å². The van der Waals surface area contributed by atoms with Crippen molar-refractivity contribution >= 4 is 22.7 Å². The van der Waals surface area contributed by atoms with Crippen molar-refractivity contribution in [3.8, 4) is 17.0 Å². The highest BCUT2D eigenvalue weighted by Gasteiger charge is 2.27. The van der Waals surface area contributed by atoms with Gasteiger partial charge in [0.25, 0.3) is 0 Å². The van der Waals surface area contributed by atoms with Crippen molar-refractivity contribution in [2.45, 2.75) is 6.92 Å². The lowest BCUT2D eigenvalue weighted by Gasteiger charge is -2.05. The highest BCUT2D eigenvalue weighted by Crippen LogP contribution is 2.44. The van der Waals surface area contributed by atoms with Crippen LogP contribution < -0.4 is 4.74 Å². The fraction of sp³-hybridized carbons (Fsp3) is 0.0833. The van der Waals surface area contributed by atoms with Gasteiger partial charge in [-0.05, 0) is 48.4 Å². The van der Waals surface area contributed by atoms with E-state index >= 15 is 0 Å². The molecule has 1 heterocycles. The molecule has 0 fully saturated rings. The molecule has 0 atom stereocenters. The van der Waals surface area contributed by atoms with Gasteiger partial charge in [-0.25, -0.2) is 9.97 Å². The first kappa shape index (κ1) is 15.8. The van der Waals surface area contributed by atoms with Crippen molar-refractivity contribution in [3.05, 3.63) is 89.1 Å². The van der Waals surface area contributed by atoms with Gasteiger partial charge in [-0.15, -0.1) is 0 Å². The molecule has 0 aliphatic heterocycles. The molecule has 0 spiro atoms. The van der Waals surface area contributed by atoms with E-state index in [4.69, 9.17) is 14.7 Å². The Morgan fingerprint density at radius 2 is 1.48 bits per heavy atom. The quantitative estimate of drug-likeness (QED) is 0.421. The Morgan fingerprint density at radius 1 is 0.778 bits per heavy atom. The molecule has 3 aromatic carbocycles. The molecule has 5 rings (SSSR count). The summed E-state index contributed by atoms with van der Waals surface area (Å²) < 4.78 is 5.27. The maximum atomic E-state index is 5.27. The van der Waals surface area contributed by atoms with Crippen LogP contribution in [-0.4, -0.2) is 17.1 Å². The number of methoxy groups -OCH3 is 1. The first-order chi connectivity index (χ1) is 13.2. The second kappa shape index (κ2) is 6.06. The number of ether oxygens (including phenoxy) is 1. The molecule has 1 aliphatic rings. The highest BCUT2D eigenvalue weighted by molar-refractivity contribution is 6.05. The lowest BCUT2D eigenvalue weighted by Crippen LogP contribution is -1.92. The van der Waals surface area contributed by atoms with Crippen LogP contribution in [0, 0.1) is 6.92 Å². The van der Waals surface area contributed by atoms with Gasteiger partial charge >= 0.3 is 0 Å². The second-order valence-electron chi connectivity index (χ2n) is 6.79. The maximum Gasteiger partial charge on any atom is 0.118 e. The van der Waals surface area contributed by atoms with Crippen LogP contribution in [0.3, 0.4) is 0 Å². The number of aryl methyl sites for hydroxylation is 1. The predicted octanol–water partition coefficient (Wildman–Crippen LogP) is 5.52. The molecule has 0 saturated carbocycles. The summed E-state index contributed by atoms with van der Waals surface area (Å²) in [4.78, 5) is 9.88. The highest BCUT2D eigenvalue weighted by atomic mass is 16.5. The van der Waals surface area contributed by atoms with Gasteiger partial charge < -0.3 is 4.74 Å². The summed E-state index contributed by atoms with van der Waals surface area (Å²) in [6, 6.07) is 22.6. The van der Waals surface area contributed by atoms with E-state index in [1.54, 1.807) is 7.11 Å². The summed E-state index contributed by atoms with van der Waals surface area (Å²) in [5.41, 5.74) is 9.55. The van der Waals surface area contributed by atoms with Gasteiger partial charge in [-0.2, -0.15) is 0 Å². The van der Waals surface area contributed by atoms with Crippen LogP contribution in [0.1, 0.15) is 22.4 Å². The Hall–Kier alpha value is -3.46. The van der Waals surface area contributed by atoms with Crippen LogP contribution in [0.2, 0.25) is 0 Å². The molecule has 0 radical (unpaired) electrons. The van der Waals surface area contributed by atoms with Crippen molar-refractivity contribution in [1.82, 2.24) is 9.97 Å². The van der Waals surface area contributed by atoms with E-state index in [2.05, 4.69) is 43.3 Å². The molecule has 0 bridgehead atoms. The third-order valence-electron chi connectivity index (χ3n) is 4.97. The van der Waals surface area contributed by atoms with Crippen LogP contribution in [-0.2, 0) is 0 Å². The molecule has 1 aliphatic carbocycles. The Labute approximate surface area is 158 Å². The Bertz CT molecular complexity index is 1210. The summed E-state index contributed by atoms with van der Waals surface area (Å²) in [7, 11) is 1.68. The Balaban J connectivity index is 1.76. The number of nitrogens with zero attached hydrogens (tertiary/aromatic N) is 2. The number of hydrogen-bond acceptors (Lipinski definition) is 3. The molecule has 0 unspecified atom stereocenters. The number of benzene rings is 3. The van der Waals surface area contributed by atoms with Crippen molar-refractivity contribution in [1.29, 1.82) is 0 Å². The molecule has 0 saturated heterocycles. The molecular weight excluding hydrogens is 332 g/mol. The summed E-state index contributed by atoms with van der Waals surface area (Å²) in [6.07, 6.45) is 2.19. The smallest absolute Gasteiger partial charge is 0.118 e. The summed E-state index contributed by atoms with van der Waals surface area (Å²) in [6.45, 7) is 2.12. The normalized spacial score (nSPS) is 13.6. The Kier molecular flexibility index (Phi) is 3.54. The number of fused-ring (bicyclic) bond motifs is 4. The van der Waals surface area contributed by atoms with Crippen LogP contribution >= 0.6 is 0 Å². The minimum absolute atomic E-state index is 0.853. The summed E-state index contributed by atoms with van der Waals surface area (Å²) in [5.74, 6) is 0.853. The van der Waals surface area contributed by atoms with E-state index in [0.29, 0.717) is 0 Å². The predicted molar refractivity (Wildman–Crippen MR) is 110 cm³/mol. The molecule has 130 valence electrons. The third kappa shape index (κ3) is 2.59. The topological polar surface area (TPSA) is 35.0 Å². The molecule has 0 amide bonds. The fourth-order valence-electron chi connectivity index (χ4n) is 3.60. The lowest BCUT2D eigenvalue weighted by molar-refractivity contribution is 0.415. The number of hydrogen-bond donors (Lipinski definition) is 0. The van der Waals surface area contributed by atoms with Crippen LogP contribution in [0.15, 0.2) is 66.7 Å². The first-order valence-corrected chi connectivity index (χ1v) is 8.97. The van der Waals surface area contributed by atoms with E-state index in [-0.39, 0.29) is 0 Å². The summed E-state index contributed by atoms with van der Waals surface area (Å²) >= 11 is 0. The average molecular weight is 350 g/mol. The van der Waals surface area contributed by atoms with Gasteiger partial charge in [0.15, 0.2) is 0 Å². The van der Waals surface area contributed by atoms with Crippen LogP contribution in [0.5, 0.6) is 5.75 Å². The van der Waals surface area contributed by atoms with Crippen LogP contribution in [0.25, 0.3) is 33.9 Å². The van der Waals surface area contributed by atoms with Crippen molar-refractivity contribution < 1.29 is 4.74 Å². The molecule has 0 N–H and O–H groups in total. The van der Waals surface area contributed by atoms with E-state index in [0.717, 1.165) is 44.9 Å². The minimum atomic E-state index is 0.853. The molecule has 27 heavy (non-hydrogen) atoms. The molecule has 4 aromatic rings. The summed E-state index contributed by atoms with van der Waals surface area (Å²) in [5, 5.41) is 0. The SMILES string of the molecule is COc1ccc(C=C2c3cc(C)ccc3-c3nc4ccccc4nc32)cc1. The number of aromatic nitrogens is 2. The monoisotopic (exact) mass is 350 g/mol. The third-order valence-corrected chi connectivity index (χ3v) is 4.97. The van der Waals surface area contributed by atoms with Gasteiger partial charge in [0.2, 0.25) is 0 Å². The van der Waals surface area contributed by atoms with Gasteiger partial charge in [-0.1, -0.05) is 48.0 Å². The number of para-hydroxylation sites is 2. The van der Waals surface area contributed by atoms with E-state index in [1.165, 1.54) is 11.1 Å². The van der Waals surface area contributed by atoms with Crippen molar-refractivity contribution in [2.75, 3.05) is 7.11 Å². The fourth-order valence-corrected chi connectivity index (χ4v) is 3.60.